The van der Waals surface area contributed by atoms with Crippen LogP contribution in [0, 0.1) is 12.3 Å². The lowest BCUT2D eigenvalue weighted by Crippen LogP contribution is -2.17. The highest BCUT2D eigenvalue weighted by molar-refractivity contribution is 5.82. The monoisotopic (exact) mass is 434 g/mol. The molecule has 0 saturated heterocycles. The number of carbonyl (C=O) groups excluding carboxylic acids is 1. The Labute approximate surface area is 183 Å². The summed E-state index contributed by atoms with van der Waals surface area (Å²) < 4.78 is 21.8. The third-order valence-corrected chi connectivity index (χ3v) is 4.77. The zero-order valence-corrected chi connectivity index (χ0v) is 18.2. The van der Waals surface area contributed by atoms with E-state index in [0.29, 0.717) is 17.1 Å². The molecule has 0 radical (unpaired) electrons. The van der Waals surface area contributed by atoms with Gasteiger partial charge in [-0.3, -0.25) is 9.59 Å². The molecule has 0 unspecified atom stereocenters. The first-order chi connectivity index (χ1) is 15.1. The Morgan fingerprint density at radius 3 is 2.38 bits per heavy atom. The minimum Gasteiger partial charge on any atom is -0.460 e. The van der Waals surface area contributed by atoms with Crippen LogP contribution >= 0.6 is 0 Å². The first-order valence-corrected chi connectivity index (χ1v) is 10.1. The van der Waals surface area contributed by atoms with Gasteiger partial charge in [0.05, 0.1) is 11.8 Å². The molecule has 4 aromatic rings. The van der Waals surface area contributed by atoms with Gasteiger partial charge in [-0.05, 0) is 42.2 Å². The van der Waals surface area contributed by atoms with Gasteiger partial charge in [0, 0.05) is 23.6 Å². The molecule has 0 saturated carbocycles. The van der Waals surface area contributed by atoms with Crippen molar-refractivity contribution < 1.29 is 23.1 Å². The molecule has 0 atom stereocenters. The normalized spacial score (nSPS) is 11.6. The van der Waals surface area contributed by atoms with Crippen LogP contribution in [0.5, 0.6) is 17.2 Å². The van der Waals surface area contributed by atoms with Crippen molar-refractivity contribution in [3.63, 3.8) is 0 Å². The molecule has 0 aliphatic heterocycles. The minimum absolute atomic E-state index is 0.0238. The van der Waals surface area contributed by atoms with Crippen molar-refractivity contribution in [1.82, 2.24) is 0 Å². The van der Waals surface area contributed by atoms with Gasteiger partial charge in [-0.1, -0.05) is 20.8 Å². The van der Waals surface area contributed by atoms with Gasteiger partial charge in [-0.25, -0.2) is 4.79 Å². The molecule has 7 heteroatoms. The van der Waals surface area contributed by atoms with Crippen LogP contribution in [0.2, 0.25) is 0 Å². The van der Waals surface area contributed by atoms with E-state index >= 15 is 0 Å². The number of aryl methyl sites for hydroxylation is 1. The smallest absolute Gasteiger partial charge is 0.336 e. The molecule has 164 valence electrons. The average Bonchev–Trinajstić information content (AvgIpc) is 2.68. The van der Waals surface area contributed by atoms with Crippen LogP contribution in [0.25, 0.3) is 21.9 Å². The number of hydrogen-bond donors (Lipinski definition) is 0. The SMILES string of the molecule is Cc1cc(=O)oc2cc(Oc3coc4cc(OC(=O)CC(C)(C)C)ccc4c3=O)ccc12. The predicted octanol–water partition coefficient (Wildman–Crippen LogP) is 5.34. The Morgan fingerprint density at radius 1 is 0.938 bits per heavy atom. The molecule has 0 amide bonds. The van der Waals surface area contributed by atoms with Crippen molar-refractivity contribution >= 4 is 27.9 Å². The highest BCUT2D eigenvalue weighted by Crippen LogP contribution is 2.28. The quantitative estimate of drug-likeness (QED) is 0.243. The number of rotatable bonds is 4. The molecular formula is C25H22O7. The van der Waals surface area contributed by atoms with Crippen LogP contribution < -0.4 is 20.5 Å². The van der Waals surface area contributed by atoms with E-state index in [-0.39, 0.29) is 40.0 Å². The Balaban J connectivity index is 1.61. The van der Waals surface area contributed by atoms with Crippen LogP contribution in [-0.4, -0.2) is 5.97 Å². The maximum Gasteiger partial charge on any atom is 0.336 e. The Bertz CT molecular complexity index is 1450. The second-order valence-electron chi connectivity index (χ2n) is 8.81. The summed E-state index contributed by atoms with van der Waals surface area (Å²) in [4.78, 5) is 36.6. The molecule has 0 aliphatic rings. The van der Waals surface area contributed by atoms with E-state index in [1.807, 2.05) is 27.7 Å². The van der Waals surface area contributed by atoms with Crippen molar-refractivity contribution in [3.05, 3.63) is 74.9 Å². The summed E-state index contributed by atoms with van der Waals surface area (Å²) in [6, 6.07) is 10.9. The summed E-state index contributed by atoms with van der Waals surface area (Å²) in [6.07, 6.45) is 1.45. The second-order valence-corrected chi connectivity index (χ2v) is 8.81. The number of fused-ring (bicyclic) bond motifs is 2. The summed E-state index contributed by atoms with van der Waals surface area (Å²) in [5.74, 6) is 0.232. The van der Waals surface area contributed by atoms with E-state index < -0.39 is 5.63 Å². The molecule has 0 aliphatic carbocycles. The molecule has 2 aromatic heterocycles. The van der Waals surface area contributed by atoms with Crippen molar-refractivity contribution in [3.8, 4) is 17.2 Å². The Morgan fingerprint density at radius 2 is 1.62 bits per heavy atom. The first-order valence-electron chi connectivity index (χ1n) is 10.1. The van der Waals surface area contributed by atoms with E-state index in [2.05, 4.69) is 0 Å². The summed E-state index contributed by atoms with van der Waals surface area (Å²) >= 11 is 0. The second kappa shape index (κ2) is 8.00. The van der Waals surface area contributed by atoms with Crippen LogP contribution in [0.15, 0.2) is 67.2 Å². The zero-order valence-electron chi connectivity index (χ0n) is 18.2. The molecule has 0 fully saturated rings. The number of benzene rings is 2. The fourth-order valence-electron chi connectivity index (χ4n) is 3.32. The van der Waals surface area contributed by atoms with E-state index in [9.17, 15) is 14.4 Å². The third-order valence-electron chi connectivity index (χ3n) is 4.77. The molecule has 2 heterocycles. The minimum atomic E-state index is -0.462. The molecule has 0 N–H and O–H groups in total. The molecule has 7 nitrogen and oxygen atoms in total. The van der Waals surface area contributed by atoms with Crippen LogP contribution in [0.4, 0.5) is 0 Å². The van der Waals surface area contributed by atoms with E-state index in [0.717, 1.165) is 10.9 Å². The predicted molar refractivity (Wildman–Crippen MR) is 119 cm³/mol. The van der Waals surface area contributed by atoms with Crippen molar-refractivity contribution in [2.45, 2.75) is 34.1 Å². The lowest BCUT2D eigenvalue weighted by Gasteiger charge is -2.16. The first kappa shape index (κ1) is 21.4. The van der Waals surface area contributed by atoms with Crippen LogP contribution in [0.1, 0.15) is 32.8 Å². The van der Waals surface area contributed by atoms with Gasteiger partial charge in [0.1, 0.15) is 28.9 Å². The summed E-state index contributed by atoms with van der Waals surface area (Å²) in [5, 5.41) is 1.05. The van der Waals surface area contributed by atoms with Crippen LogP contribution in [0.3, 0.4) is 0 Å². The van der Waals surface area contributed by atoms with E-state index in [1.54, 1.807) is 18.2 Å². The summed E-state index contributed by atoms with van der Waals surface area (Å²) in [6.45, 7) is 7.64. The van der Waals surface area contributed by atoms with Gasteiger partial charge in [0.15, 0.2) is 0 Å². The standard InChI is InChI=1S/C25H22O7/c1-14-9-22(26)32-20-11-15(5-7-17(14)20)30-21-13-29-19-10-16(6-8-18(19)24(21)28)31-23(27)12-25(2,3)4/h5-11,13H,12H2,1-4H3. The largest absolute Gasteiger partial charge is 0.460 e. The average molecular weight is 434 g/mol. The lowest BCUT2D eigenvalue weighted by atomic mass is 9.92. The van der Waals surface area contributed by atoms with Gasteiger partial charge in [0.25, 0.3) is 0 Å². The fourth-order valence-corrected chi connectivity index (χ4v) is 3.32. The van der Waals surface area contributed by atoms with Gasteiger partial charge in [-0.2, -0.15) is 0 Å². The highest BCUT2D eigenvalue weighted by Gasteiger charge is 2.18. The fraction of sp³-hybridized carbons (Fsp3) is 0.240. The maximum absolute atomic E-state index is 12.9. The highest BCUT2D eigenvalue weighted by atomic mass is 16.5. The number of hydrogen-bond acceptors (Lipinski definition) is 7. The Kier molecular flexibility index (Phi) is 5.34. The van der Waals surface area contributed by atoms with Gasteiger partial charge >= 0.3 is 11.6 Å². The van der Waals surface area contributed by atoms with Crippen molar-refractivity contribution in [2.75, 3.05) is 0 Å². The molecule has 0 bridgehead atoms. The van der Waals surface area contributed by atoms with Gasteiger partial charge < -0.3 is 18.3 Å². The van der Waals surface area contributed by atoms with Crippen molar-refractivity contribution in [1.29, 1.82) is 0 Å². The topological polar surface area (TPSA) is 95.9 Å². The number of ether oxygens (including phenoxy) is 2. The van der Waals surface area contributed by atoms with E-state index in [1.165, 1.54) is 30.5 Å². The number of carbonyl (C=O) groups is 1. The van der Waals surface area contributed by atoms with Gasteiger partial charge in [-0.15, -0.1) is 0 Å². The van der Waals surface area contributed by atoms with E-state index in [4.69, 9.17) is 18.3 Å². The summed E-state index contributed by atoms with van der Waals surface area (Å²) in [5.41, 5.74) is 0.368. The summed E-state index contributed by atoms with van der Waals surface area (Å²) in [7, 11) is 0. The third kappa shape index (κ3) is 4.56. The van der Waals surface area contributed by atoms with Crippen molar-refractivity contribution in [2.24, 2.45) is 5.41 Å². The van der Waals surface area contributed by atoms with Gasteiger partial charge in [0.2, 0.25) is 11.2 Å². The number of esters is 1. The molecule has 4 rings (SSSR count). The lowest BCUT2D eigenvalue weighted by molar-refractivity contribution is -0.136. The molecular weight excluding hydrogens is 412 g/mol. The van der Waals surface area contributed by atoms with Crippen LogP contribution in [-0.2, 0) is 4.79 Å². The molecule has 0 spiro atoms. The molecule has 2 aromatic carbocycles. The zero-order chi connectivity index (χ0) is 23.0. The maximum atomic E-state index is 12.9. The molecule has 32 heavy (non-hydrogen) atoms. The Hall–Kier alpha value is -3.87.